The van der Waals surface area contributed by atoms with E-state index in [-0.39, 0.29) is 30.2 Å². The van der Waals surface area contributed by atoms with E-state index in [1.807, 2.05) is 6.92 Å². The van der Waals surface area contributed by atoms with Crippen molar-refractivity contribution >= 4 is 21.7 Å². The molecule has 1 aliphatic rings. The topological polar surface area (TPSA) is 26.3 Å². The van der Waals surface area contributed by atoms with Crippen molar-refractivity contribution in [2.24, 2.45) is 0 Å². The standard InChI is InChI=1S/C13H14BrFO2/c1-8-2-3-13(17-8)12(16)6-9-4-10(14)7-11(15)5-9/h4-5,7-8,13H,2-3,6H2,1H3. The zero-order valence-electron chi connectivity index (χ0n) is 9.58. The molecule has 0 radical (unpaired) electrons. The second-order valence-corrected chi connectivity index (χ2v) is 5.35. The van der Waals surface area contributed by atoms with Crippen LogP contribution < -0.4 is 0 Å². The highest BCUT2D eigenvalue weighted by atomic mass is 79.9. The molecular weight excluding hydrogens is 287 g/mol. The zero-order chi connectivity index (χ0) is 12.4. The van der Waals surface area contributed by atoms with E-state index < -0.39 is 0 Å². The highest BCUT2D eigenvalue weighted by Gasteiger charge is 2.27. The summed E-state index contributed by atoms with van der Waals surface area (Å²) in [4.78, 5) is 11.9. The Morgan fingerprint density at radius 2 is 2.24 bits per heavy atom. The van der Waals surface area contributed by atoms with E-state index in [0.717, 1.165) is 12.8 Å². The molecular formula is C13H14BrFO2. The highest BCUT2D eigenvalue weighted by Crippen LogP contribution is 2.22. The second kappa shape index (κ2) is 5.27. The predicted molar refractivity (Wildman–Crippen MR) is 66.4 cm³/mol. The minimum absolute atomic E-state index is 0.0341. The van der Waals surface area contributed by atoms with Gasteiger partial charge in [-0.1, -0.05) is 15.9 Å². The molecule has 0 N–H and O–H groups in total. The lowest BCUT2D eigenvalue weighted by atomic mass is 10.0. The van der Waals surface area contributed by atoms with E-state index in [1.165, 1.54) is 12.1 Å². The molecule has 1 fully saturated rings. The molecule has 0 aromatic heterocycles. The molecule has 2 nitrogen and oxygen atoms in total. The molecule has 2 atom stereocenters. The van der Waals surface area contributed by atoms with Gasteiger partial charge >= 0.3 is 0 Å². The third-order valence-electron chi connectivity index (χ3n) is 2.89. The average Bonchev–Trinajstić information content (AvgIpc) is 2.63. The molecule has 17 heavy (non-hydrogen) atoms. The third-order valence-corrected chi connectivity index (χ3v) is 3.35. The van der Waals surface area contributed by atoms with Crippen LogP contribution in [0.3, 0.4) is 0 Å². The summed E-state index contributed by atoms with van der Waals surface area (Å²) in [7, 11) is 0. The average molecular weight is 301 g/mol. The molecule has 1 aliphatic heterocycles. The van der Waals surface area contributed by atoms with Crippen LogP contribution in [0.1, 0.15) is 25.3 Å². The molecule has 1 aromatic rings. The Morgan fingerprint density at radius 3 is 2.82 bits per heavy atom. The maximum Gasteiger partial charge on any atom is 0.165 e. The quantitative estimate of drug-likeness (QED) is 0.856. The van der Waals surface area contributed by atoms with Gasteiger partial charge in [-0.3, -0.25) is 4.79 Å². The first-order chi connectivity index (χ1) is 8.04. The van der Waals surface area contributed by atoms with Crippen molar-refractivity contribution < 1.29 is 13.9 Å². The van der Waals surface area contributed by atoms with Crippen LogP contribution in [-0.4, -0.2) is 18.0 Å². The van der Waals surface area contributed by atoms with Crippen LogP contribution >= 0.6 is 15.9 Å². The number of halogens is 2. The normalized spacial score (nSPS) is 23.9. The monoisotopic (exact) mass is 300 g/mol. The van der Waals surface area contributed by atoms with E-state index in [2.05, 4.69) is 15.9 Å². The minimum atomic E-state index is -0.331. The van der Waals surface area contributed by atoms with Gasteiger partial charge in [0.1, 0.15) is 11.9 Å². The molecule has 92 valence electrons. The summed E-state index contributed by atoms with van der Waals surface area (Å²) in [6.07, 6.45) is 1.77. The highest BCUT2D eigenvalue weighted by molar-refractivity contribution is 9.10. The van der Waals surface area contributed by atoms with Gasteiger partial charge in [0.15, 0.2) is 5.78 Å². The van der Waals surface area contributed by atoms with Crippen molar-refractivity contribution in [1.29, 1.82) is 0 Å². The van der Waals surface area contributed by atoms with Crippen LogP contribution in [0.5, 0.6) is 0 Å². The Morgan fingerprint density at radius 1 is 1.47 bits per heavy atom. The molecule has 1 aromatic carbocycles. The SMILES string of the molecule is CC1CCC(C(=O)Cc2cc(F)cc(Br)c2)O1. The molecule has 1 heterocycles. The number of carbonyl (C=O) groups excluding carboxylic acids is 1. The van der Waals surface area contributed by atoms with Gasteiger partial charge in [-0.2, -0.15) is 0 Å². The Kier molecular flexibility index (Phi) is 3.94. The van der Waals surface area contributed by atoms with Gasteiger partial charge in [0.2, 0.25) is 0 Å². The van der Waals surface area contributed by atoms with Crippen molar-refractivity contribution in [3.8, 4) is 0 Å². The Hall–Kier alpha value is -0.740. The number of hydrogen-bond acceptors (Lipinski definition) is 2. The van der Waals surface area contributed by atoms with Crippen LogP contribution in [0.4, 0.5) is 4.39 Å². The molecule has 0 saturated carbocycles. The zero-order valence-corrected chi connectivity index (χ0v) is 11.2. The summed E-state index contributed by atoms with van der Waals surface area (Å²) < 4.78 is 19.3. The summed E-state index contributed by atoms with van der Waals surface area (Å²) >= 11 is 3.21. The van der Waals surface area contributed by atoms with Crippen molar-refractivity contribution in [3.63, 3.8) is 0 Å². The van der Waals surface area contributed by atoms with E-state index in [1.54, 1.807) is 6.07 Å². The fraction of sp³-hybridized carbons (Fsp3) is 0.462. The van der Waals surface area contributed by atoms with Gasteiger partial charge in [-0.15, -0.1) is 0 Å². The summed E-state index contributed by atoms with van der Waals surface area (Å²) in [5.41, 5.74) is 0.685. The smallest absolute Gasteiger partial charge is 0.165 e. The van der Waals surface area contributed by atoms with E-state index in [4.69, 9.17) is 4.74 Å². The number of hydrogen-bond donors (Lipinski definition) is 0. The number of ether oxygens (including phenoxy) is 1. The maximum absolute atomic E-state index is 13.1. The van der Waals surface area contributed by atoms with Crippen LogP contribution in [0, 0.1) is 5.82 Å². The summed E-state index contributed by atoms with van der Waals surface area (Å²) in [6, 6.07) is 4.53. The van der Waals surface area contributed by atoms with Crippen molar-refractivity contribution in [2.75, 3.05) is 0 Å². The first kappa shape index (κ1) is 12.7. The van der Waals surface area contributed by atoms with Crippen molar-refractivity contribution in [3.05, 3.63) is 34.1 Å². The lowest BCUT2D eigenvalue weighted by Crippen LogP contribution is -2.22. The lowest BCUT2D eigenvalue weighted by Gasteiger charge is -2.10. The van der Waals surface area contributed by atoms with Gasteiger partial charge in [-0.25, -0.2) is 4.39 Å². The van der Waals surface area contributed by atoms with Crippen LogP contribution in [-0.2, 0) is 16.0 Å². The Balaban J connectivity index is 2.03. The maximum atomic E-state index is 13.1. The van der Waals surface area contributed by atoms with Crippen LogP contribution in [0.2, 0.25) is 0 Å². The molecule has 0 spiro atoms. The van der Waals surface area contributed by atoms with E-state index in [9.17, 15) is 9.18 Å². The first-order valence-electron chi connectivity index (χ1n) is 5.68. The summed E-state index contributed by atoms with van der Waals surface area (Å²) in [5, 5.41) is 0. The van der Waals surface area contributed by atoms with Gasteiger partial charge < -0.3 is 4.74 Å². The molecule has 2 rings (SSSR count). The Labute approximate surface area is 108 Å². The molecule has 0 amide bonds. The largest absolute Gasteiger partial charge is 0.367 e. The molecule has 0 bridgehead atoms. The first-order valence-corrected chi connectivity index (χ1v) is 6.47. The van der Waals surface area contributed by atoms with E-state index in [0.29, 0.717) is 10.0 Å². The number of carbonyl (C=O) groups is 1. The van der Waals surface area contributed by atoms with Gasteiger partial charge in [0.25, 0.3) is 0 Å². The van der Waals surface area contributed by atoms with Crippen LogP contribution in [0.15, 0.2) is 22.7 Å². The number of benzene rings is 1. The minimum Gasteiger partial charge on any atom is -0.367 e. The second-order valence-electron chi connectivity index (χ2n) is 4.43. The van der Waals surface area contributed by atoms with Crippen molar-refractivity contribution in [2.45, 2.75) is 38.4 Å². The number of rotatable bonds is 3. The fourth-order valence-corrected chi connectivity index (χ4v) is 2.58. The predicted octanol–water partition coefficient (Wildman–Crippen LogP) is 3.27. The fourth-order valence-electron chi connectivity index (χ4n) is 2.07. The number of Topliss-reactive ketones (excluding diaryl/α,β-unsaturated/α-hetero) is 1. The Bertz CT molecular complexity index is 413. The molecule has 0 aliphatic carbocycles. The van der Waals surface area contributed by atoms with E-state index >= 15 is 0 Å². The van der Waals surface area contributed by atoms with Crippen molar-refractivity contribution in [1.82, 2.24) is 0 Å². The lowest BCUT2D eigenvalue weighted by molar-refractivity contribution is -0.128. The molecule has 4 heteroatoms. The summed E-state index contributed by atoms with van der Waals surface area (Å²) in [6.45, 7) is 1.96. The number of ketones is 1. The molecule has 2 unspecified atom stereocenters. The van der Waals surface area contributed by atoms with Gasteiger partial charge in [-0.05, 0) is 43.5 Å². The molecule has 1 saturated heterocycles. The van der Waals surface area contributed by atoms with Crippen LogP contribution in [0.25, 0.3) is 0 Å². The summed E-state index contributed by atoms with van der Waals surface area (Å²) in [5.74, 6) is -0.297. The van der Waals surface area contributed by atoms with Gasteiger partial charge in [0, 0.05) is 10.9 Å². The third kappa shape index (κ3) is 3.36. The van der Waals surface area contributed by atoms with Gasteiger partial charge in [0.05, 0.1) is 6.10 Å².